The fraction of sp³-hybridized carbons (Fsp3) is 0.571. The van der Waals surface area contributed by atoms with E-state index in [2.05, 4.69) is 45.0 Å². The molecule has 1 rings (SSSR count). The Bertz CT molecular complexity index is 293. The van der Waals surface area contributed by atoms with Gasteiger partial charge < -0.3 is 5.73 Å². The van der Waals surface area contributed by atoms with Gasteiger partial charge in [-0.15, -0.1) is 0 Å². The van der Waals surface area contributed by atoms with Crippen molar-refractivity contribution >= 4 is 0 Å². The molecule has 0 saturated carbocycles. The summed E-state index contributed by atoms with van der Waals surface area (Å²) in [5.41, 5.74) is 8.59. The molecular formula is C14H23N. The first-order valence-electron chi connectivity index (χ1n) is 5.98. The van der Waals surface area contributed by atoms with Crippen LogP contribution >= 0.6 is 0 Å². The van der Waals surface area contributed by atoms with E-state index in [9.17, 15) is 0 Å². The molecule has 0 aliphatic heterocycles. The van der Waals surface area contributed by atoms with Crippen LogP contribution in [0.25, 0.3) is 0 Å². The van der Waals surface area contributed by atoms with E-state index in [1.807, 2.05) is 0 Å². The van der Waals surface area contributed by atoms with Crippen LogP contribution in [0.15, 0.2) is 24.3 Å². The van der Waals surface area contributed by atoms with Gasteiger partial charge in [0.25, 0.3) is 0 Å². The molecule has 0 aliphatic rings. The van der Waals surface area contributed by atoms with Crippen LogP contribution in [0.2, 0.25) is 0 Å². The van der Waals surface area contributed by atoms with Gasteiger partial charge in [0.15, 0.2) is 0 Å². The van der Waals surface area contributed by atoms with Gasteiger partial charge in [-0.25, -0.2) is 0 Å². The van der Waals surface area contributed by atoms with Crippen molar-refractivity contribution in [3.8, 4) is 0 Å². The predicted molar refractivity (Wildman–Crippen MR) is 67.1 cm³/mol. The van der Waals surface area contributed by atoms with Crippen LogP contribution in [-0.4, -0.2) is 6.54 Å². The van der Waals surface area contributed by atoms with Gasteiger partial charge in [-0.3, -0.25) is 0 Å². The fourth-order valence-electron chi connectivity index (χ4n) is 1.85. The van der Waals surface area contributed by atoms with Crippen molar-refractivity contribution in [1.82, 2.24) is 0 Å². The summed E-state index contributed by atoms with van der Waals surface area (Å²) < 4.78 is 0. The third kappa shape index (κ3) is 3.35. The first-order valence-corrected chi connectivity index (χ1v) is 5.98. The molecule has 0 aromatic heterocycles. The van der Waals surface area contributed by atoms with Crippen LogP contribution in [0.5, 0.6) is 0 Å². The third-order valence-electron chi connectivity index (χ3n) is 3.24. The summed E-state index contributed by atoms with van der Waals surface area (Å²) in [6.45, 7) is 7.47. The van der Waals surface area contributed by atoms with Crippen LogP contribution in [0, 0.1) is 5.92 Å². The summed E-state index contributed by atoms with van der Waals surface area (Å²) >= 11 is 0. The summed E-state index contributed by atoms with van der Waals surface area (Å²) in [5.74, 6) is 1.12. The Kier molecular flexibility index (Phi) is 4.83. The molecule has 1 nitrogen and oxygen atoms in total. The molecule has 0 saturated heterocycles. The van der Waals surface area contributed by atoms with Gasteiger partial charge >= 0.3 is 0 Å². The van der Waals surface area contributed by atoms with Crippen LogP contribution in [-0.2, 0) is 6.42 Å². The molecule has 0 spiro atoms. The second-order valence-corrected chi connectivity index (χ2v) is 4.50. The highest BCUT2D eigenvalue weighted by Crippen LogP contribution is 2.24. The number of benzene rings is 1. The van der Waals surface area contributed by atoms with Gasteiger partial charge in [-0.2, -0.15) is 0 Å². The normalized spacial score (nSPS) is 14.9. The van der Waals surface area contributed by atoms with E-state index < -0.39 is 0 Å². The predicted octanol–water partition coefficient (Wildman–Crippen LogP) is 3.34. The minimum absolute atomic E-state index is 0.557. The van der Waals surface area contributed by atoms with Crippen molar-refractivity contribution in [3.63, 3.8) is 0 Å². The van der Waals surface area contributed by atoms with E-state index in [0.29, 0.717) is 11.8 Å². The standard InChI is InChI=1S/C14H23N/c1-4-6-13-7-5-8-14(9-13)12(3)11(2)10-15/h5,7-9,11-12H,4,6,10,15H2,1-3H3. The Morgan fingerprint density at radius 2 is 2.00 bits per heavy atom. The summed E-state index contributed by atoms with van der Waals surface area (Å²) in [5, 5.41) is 0. The van der Waals surface area contributed by atoms with Crippen molar-refractivity contribution in [2.24, 2.45) is 11.7 Å². The van der Waals surface area contributed by atoms with Crippen LogP contribution < -0.4 is 5.73 Å². The average Bonchev–Trinajstić information content (AvgIpc) is 2.28. The number of rotatable bonds is 5. The van der Waals surface area contributed by atoms with E-state index in [-0.39, 0.29) is 0 Å². The Hall–Kier alpha value is -0.820. The molecule has 0 fully saturated rings. The summed E-state index contributed by atoms with van der Waals surface area (Å²) in [6, 6.07) is 8.93. The van der Waals surface area contributed by atoms with E-state index in [1.54, 1.807) is 0 Å². The lowest BCUT2D eigenvalue weighted by Gasteiger charge is -2.19. The maximum Gasteiger partial charge on any atom is -0.00458 e. The molecule has 15 heavy (non-hydrogen) atoms. The average molecular weight is 205 g/mol. The smallest absolute Gasteiger partial charge is 0.00458 e. The van der Waals surface area contributed by atoms with Gasteiger partial charge in [0.05, 0.1) is 0 Å². The summed E-state index contributed by atoms with van der Waals surface area (Å²) in [7, 11) is 0. The van der Waals surface area contributed by atoms with Gasteiger partial charge in [-0.1, -0.05) is 51.5 Å². The molecule has 0 aliphatic carbocycles. The Balaban J connectivity index is 2.80. The largest absolute Gasteiger partial charge is 0.330 e. The number of nitrogens with two attached hydrogens (primary N) is 1. The highest BCUT2D eigenvalue weighted by atomic mass is 14.5. The molecule has 0 radical (unpaired) electrons. The van der Waals surface area contributed by atoms with Crippen molar-refractivity contribution in [1.29, 1.82) is 0 Å². The topological polar surface area (TPSA) is 26.0 Å². The Morgan fingerprint density at radius 1 is 1.27 bits per heavy atom. The van der Waals surface area contributed by atoms with Crippen LogP contribution in [0.4, 0.5) is 0 Å². The molecule has 2 atom stereocenters. The molecule has 84 valence electrons. The van der Waals surface area contributed by atoms with Crippen LogP contribution in [0.3, 0.4) is 0 Å². The molecule has 1 aromatic carbocycles. The minimum Gasteiger partial charge on any atom is -0.330 e. The van der Waals surface area contributed by atoms with Crippen LogP contribution in [0.1, 0.15) is 44.2 Å². The minimum atomic E-state index is 0.557. The van der Waals surface area contributed by atoms with Gasteiger partial charge in [0.1, 0.15) is 0 Å². The monoisotopic (exact) mass is 205 g/mol. The van der Waals surface area contributed by atoms with Gasteiger partial charge in [0.2, 0.25) is 0 Å². The van der Waals surface area contributed by atoms with E-state index in [4.69, 9.17) is 5.73 Å². The first kappa shape index (κ1) is 12.3. The fourth-order valence-corrected chi connectivity index (χ4v) is 1.85. The van der Waals surface area contributed by atoms with Crippen molar-refractivity contribution in [3.05, 3.63) is 35.4 Å². The van der Waals surface area contributed by atoms with E-state index in [1.165, 1.54) is 24.0 Å². The molecule has 2 unspecified atom stereocenters. The SMILES string of the molecule is CCCc1cccc(C(C)C(C)CN)c1. The lowest BCUT2D eigenvalue weighted by atomic mass is 9.88. The maximum absolute atomic E-state index is 5.71. The summed E-state index contributed by atoms with van der Waals surface area (Å²) in [4.78, 5) is 0. The zero-order chi connectivity index (χ0) is 11.3. The molecule has 1 heteroatoms. The zero-order valence-corrected chi connectivity index (χ0v) is 10.2. The molecule has 2 N–H and O–H groups in total. The molecule has 0 amide bonds. The van der Waals surface area contributed by atoms with Gasteiger partial charge in [-0.05, 0) is 35.9 Å². The maximum atomic E-state index is 5.71. The second-order valence-electron chi connectivity index (χ2n) is 4.50. The molecule has 1 aromatic rings. The molecule has 0 heterocycles. The van der Waals surface area contributed by atoms with Crippen molar-refractivity contribution in [2.45, 2.75) is 39.5 Å². The second kappa shape index (κ2) is 5.92. The molecule has 0 bridgehead atoms. The zero-order valence-electron chi connectivity index (χ0n) is 10.2. The quantitative estimate of drug-likeness (QED) is 0.784. The highest BCUT2D eigenvalue weighted by Gasteiger charge is 2.12. The van der Waals surface area contributed by atoms with E-state index in [0.717, 1.165) is 6.54 Å². The molecular weight excluding hydrogens is 182 g/mol. The number of aryl methyl sites for hydroxylation is 1. The lowest BCUT2D eigenvalue weighted by Crippen LogP contribution is -2.17. The van der Waals surface area contributed by atoms with Crippen molar-refractivity contribution in [2.75, 3.05) is 6.54 Å². The van der Waals surface area contributed by atoms with Crippen molar-refractivity contribution < 1.29 is 0 Å². The number of hydrogen-bond acceptors (Lipinski definition) is 1. The number of hydrogen-bond donors (Lipinski definition) is 1. The lowest BCUT2D eigenvalue weighted by molar-refractivity contribution is 0.498. The van der Waals surface area contributed by atoms with Gasteiger partial charge in [0, 0.05) is 0 Å². The summed E-state index contributed by atoms with van der Waals surface area (Å²) in [6.07, 6.45) is 2.39. The Morgan fingerprint density at radius 3 is 2.60 bits per heavy atom. The Labute approximate surface area is 93.7 Å². The van der Waals surface area contributed by atoms with E-state index >= 15 is 0 Å². The first-order chi connectivity index (χ1) is 7.19. The third-order valence-corrected chi connectivity index (χ3v) is 3.24. The highest BCUT2D eigenvalue weighted by molar-refractivity contribution is 5.26.